The molecule has 0 radical (unpaired) electrons. The summed E-state index contributed by atoms with van der Waals surface area (Å²) in [5.74, 6) is -1.58. The number of carbonyl (C=O) groups is 2. The van der Waals surface area contributed by atoms with E-state index in [1.807, 2.05) is 0 Å². The van der Waals surface area contributed by atoms with Gasteiger partial charge in [-0.3, -0.25) is 9.59 Å². The summed E-state index contributed by atoms with van der Waals surface area (Å²) in [5.41, 5.74) is 0.691. The van der Waals surface area contributed by atoms with Gasteiger partial charge in [0.05, 0.1) is 15.4 Å². The highest BCUT2D eigenvalue weighted by Gasteiger charge is 2.43. The summed E-state index contributed by atoms with van der Waals surface area (Å²) in [5, 5.41) is 1.15. The summed E-state index contributed by atoms with van der Waals surface area (Å²) in [6.07, 6.45) is 0.214. The number of sulfonamides is 1. The van der Waals surface area contributed by atoms with Crippen LogP contribution in [0.5, 0.6) is 0 Å². The molecule has 2 aromatic rings. The second-order valence-corrected chi connectivity index (χ2v) is 11.9. The molecule has 0 N–H and O–H groups in total. The molecule has 0 saturated carbocycles. The third-order valence-electron chi connectivity index (χ3n) is 5.47. The maximum atomic E-state index is 14.9. The van der Waals surface area contributed by atoms with Gasteiger partial charge in [-0.25, -0.2) is 12.8 Å². The van der Waals surface area contributed by atoms with Crippen LogP contribution in [-0.4, -0.2) is 62.2 Å². The second-order valence-electron chi connectivity index (χ2n) is 8.53. The van der Waals surface area contributed by atoms with Gasteiger partial charge < -0.3 is 9.80 Å². The Kier molecular flexibility index (Phi) is 7.86. The van der Waals surface area contributed by atoms with Crippen molar-refractivity contribution in [3.8, 4) is 0 Å². The van der Waals surface area contributed by atoms with Gasteiger partial charge >= 0.3 is 0 Å². The Morgan fingerprint density at radius 2 is 1.94 bits per heavy atom. The van der Waals surface area contributed by atoms with Crippen LogP contribution in [-0.2, 0) is 14.8 Å². The van der Waals surface area contributed by atoms with Crippen molar-refractivity contribution in [1.29, 1.82) is 0 Å². The van der Waals surface area contributed by atoms with E-state index < -0.39 is 33.8 Å². The zero-order chi connectivity index (χ0) is 25.4. The maximum Gasteiger partial charge on any atom is 0.253 e. The van der Waals surface area contributed by atoms with Crippen LogP contribution in [0.25, 0.3) is 5.57 Å². The molecule has 3 rings (SSSR count). The Hall–Kier alpha value is -2.27. The summed E-state index contributed by atoms with van der Waals surface area (Å²) in [6, 6.07) is 5.89. The van der Waals surface area contributed by atoms with Crippen molar-refractivity contribution in [2.75, 3.05) is 25.5 Å². The van der Waals surface area contributed by atoms with Gasteiger partial charge in [-0.05, 0) is 63.1 Å². The maximum absolute atomic E-state index is 14.9. The predicted octanol–water partition coefficient (Wildman–Crippen LogP) is 4.45. The highest BCUT2D eigenvalue weighted by Crippen LogP contribution is 2.32. The molecule has 184 valence electrons. The minimum atomic E-state index is -3.98. The molecule has 0 spiro atoms. The van der Waals surface area contributed by atoms with E-state index in [2.05, 4.69) is 0 Å². The molecule has 34 heavy (non-hydrogen) atoms. The number of hydrogen-bond acceptors (Lipinski definition) is 5. The topological polar surface area (TPSA) is 78.0 Å². The average Bonchev–Trinajstić information content (AvgIpc) is 3.33. The van der Waals surface area contributed by atoms with E-state index in [4.69, 9.17) is 11.6 Å². The quantitative estimate of drug-likeness (QED) is 0.533. The Morgan fingerprint density at radius 3 is 2.47 bits per heavy atom. The average molecular weight is 528 g/mol. The summed E-state index contributed by atoms with van der Waals surface area (Å²) in [6.45, 7) is 5.22. The molecule has 1 aliphatic rings. The molecule has 0 aliphatic carbocycles. The Balaban J connectivity index is 1.89. The summed E-state index contributed by atoms with van der Waals surface area (Å²) in [4.78, 5) is 28.7. The number of anilines is 1. The second kappa shape index (κ2) is 10.2. The number of halogens is 2. The summed E-state index contributed by atoms with van der Waals surface area (Å²) in [7, 11) is -0.851. The fourth-order valence-electron chi connectivity index (χ4n) is 3.96. The Bertz CT molecular complexity index is 1240. The lowest BCUT2D eigenvalue weighted by molar-refractivity contribution is -0.120. The van der Waals surface area contributed by atoms with Crippen molar-refractivity contribution in [1.82, 2.24) is 9.21 Å². The molecule has 1 fully saturated rings. The van der Waals surface area contributed by atoms with Crippen molar-refractivity contribution in [2.24, 2.45) is 0 Å². The Morgan fingerprint density at radius 1 is 1.26 bits per heavy atom. The first kappa shape index (κ1) is 26.3. The lowest BCUT2D eigenvalue weighted by atomic mass is 10.1. The van der Waals surface area contributed by atoms with E-state index in [0.29, 0.717) is 14.8 Å². The predicted molar refractivity (Wildman–Crippen MR) is 134 cm³/mol. The number of hydrogen-bond donors (Lipinski definition) is 0. The molecular weight excluding hydrogens is 501 g/mol. The van der Waals surface area contributed by atoms with Crippen molar-refractivity contribution in [2.45, 2.75) is 39.3 Å². The molecule has 0 bridgehead atoms. The Labute approximate surface area is 208 Å². The molecule has 1 aliphatic heterocycles. The van der Waals surface area contributed by atoms with Gasteiger partial charge in [0.1, 0.15) is 11.9 Å². The molecule has 7 nitrogen and oxygen atoms in total. The molecule has 2 amide bonds. The van der Waals surface area contributed by atoms with Crippen molar-refractivity contribution in [3.05, 3.63) is 56.3 Å². The number of amides is 2. The lowest BCUT2D eigenvalue weighted by Crippen LogP contribution is -2.48. The first-order valence-corrected chi connectivity index (χ1v) is 13.3. The molecule has 1 aromatic heterocycles. The van der Waals surface area contributed by atoms with Gasteiger partial charge in [-0.2, -0.15) is 4.31 Å². The molecular formula is C23H27ClFN3O4S2. The summed E-state index contributed by atoms with van der Waals surface area (Å²) >= 11 is 7.23. The monoisotopic (exact) mass is 527 g/mol. The van der Waals surface area contributed by atoms with Gasteiger partial charge in [0, 0.05) is 37.1 Å². The van der Waals surface area contributed by atoms with Gasteiger partial charge in [0.2, 0.25) is 15.9 Å². The highest BCUT2D eigenvalue weighted by molar-refractivity contribution is 7.92. The number of nitrogens with zero attached hydrogens (tertiary/aromatic N) is 3. The molecule has 11 heteroatoms. The molecule has 1 saturated heterocycles. The van der Waals surface area contributed by atoms with Gasteiger partial charge in [0.15, 0.2) is 0 Å². The van der Waals surface area contributed by atoms with Crippen LogP contribution in [0.3, 0.4) is 0 Å². The van der Waals surface area contributed by atoms with Crippen LogP contribution in [0.1, 0.15) is 42.4 Å². The summed E-state index contributed by atoms with van der Waals surface area (Å²) < 4.78 is 43.2. The van der Waals surface area contributed by atoms with Crippen molar-refractivity contribution in [3.63, 3.8) is 0 Å². The molecule has 1 aromatic carbocycles. The number of allylic oxidation sites excluding steroid dienone is 1. The minimum absolute atomic E-state index is 0.0175. The molecule has 1 atom stereocenters. The van der Waals surface area contributed by atoms with E-state index in [0.717, 1.165) is 11.5 Å². The SMILES string of the molecule is CC(=CS(=O)(=O)N(C(C)C)[C@H]1CCN(c2ccc(C(=O)N(C)C)cc2F)C1=O)c1ccc(Cl)s1. The largest absolute Gasteiger partial charge is 0.345 e. The van der Waals surface area contributed by atoms with Crippen molar-refractivity contribution < 1.29 is 22.4 Å². The third-order valence-corrected chi connectivity index (χ3v) is 8.75. The number of thiophene rings is 1. The zero-order valence-electron chi connectivity index (χ0n) is 19.6. The van der Waals surface area contributed by atoms with Gasteiger partial charge in [-0.1, -0.05) is 11.6 Å². The van der Waals surface area contributed by atoms with Gasteiger partial charge in [-0.15, -0.1) is 11.3 Å². The van der Waals surface area contributed by atoms with Crippen LogP contribution >= 0.6 is 22.9 Å². The molecule has 0 unspecified atom stereocenters. The third kappa shape index (κ3) is 5.35. The van der Waals surface area contributed by atoms with E-state index in [1.165, 1.54) is 37.6 Å². The first-order valence-electron chi connectivity index (χ1n) is 10.6. The minimum Gasteiger partial charge on any atom is -0.345 e. The smallest absolute Gasteiger partial charge is 0.253 e. The molecule has 2 heterocycles. The zero-order valence-corrected chi connectivity index (χ0v) is 22.0. The number of benzene rings is 1. The van der Waals surface area contributed by atoms with E-state index in [9.17, 15) is 22.4 Å². The standard InChI is InChI=1S/C23H27ClFN3O4S2/c1-14(2)28(34(31,32)13-15(3)20-8-9-21(24)33-20)19-10-11-27(23(19)30)18-7-6-16(12-17(18)25)22(29)26(4)5/h6-9,12-14,19H,10-11H2,1-5H3/t19-/m0/s1. The normalized spacial score (nSPS) is 17.2. The first-order chi connectivity index (χ1) is 15.8. The fraction of sp³-hybridized carbons (Fsp3) is 0.391. The van der Waals surface area contributed by atoms with Crippen LogP contribution in [0.4, 0.5) is 10.1 Å². The van der Waals surface area contributed by atoms with Crippen LogP contribution in [0, 0.1) is 5.82 Å². The van der Waals surface area contributed by atoms with Crippen LogP contribution in [0.15, 0.2) is 35.7 Å². The number of carbonyl (C=O) groups excluding carboxylic acids is 2. The van der Waals surface area contributed by atoms with E-state index in [1.54, 1.807) is 47.0 Å². The fourth-order valence-corrected chi connectivity index (χ4v) is 6.88. The number of rotatable bonds is 7. The van der Waals surface area contributed by atoms with Gasteiger partial charge in [0.25, 0.3) is 5.91 Å². The van der Waals surface area contributed by atoms with Crippen LogP contribution in [0.2, 0.25) is 4.34 Å². The van der Waals surface area contributed by atoms with E-state index >= 15 is 0 Å². The lowest BCUT2D eigenvalue weighted by Gasteiger charge is -2.29. The highest BCUT2D eigenvalue weighted by atomic mass is 35.5. The van der Waals surface area contributed by atoms with Crippen LogP contribution < -0.4 is 4.90 Å². The van der Waals surface area contributed by atoms with E-state index in [-0.39, 0.29) is 30.1 Å². The van der Waals surface area contributed by atoms with Crippen molar-refractivity contribution >= 4 is 56.0 Å².